The maximum Gasteiger partial charge on any atom is 0.150 e. The van der Waals surface area contributed by atoms with Gasteiger partial charge in [0.15, 0.2) is 5.78 Å². The molecule has 1 saturated heterocycles. The number of hydrogen-bond donors (Lipinski definition) is 1. The predicted octanol–water partition coefficient (Wildman–Crippen LogP) is 0.651. The third kappa shape index (κ3) is 1.92. The number of hydrogen-bond acceptors (Lipinski definition) is 5. The van der Waals surface area contributed by atoms with Gasteiger partial charge in [-0.15, -0.1) is 0 Å². The first kappa shape index (κ1) is 12.7. The molecule has 1 N–H and O–H groups in total. The lowest BCUT2D eigenvalue weighted by Crippen LogP contribution is -2.61. The van der Waals surface area contributed by atoms with Crippen LogP contribution in [0, 0.1) is 11.3 Å². The monoisotopic (exact) mass is 241 g/mol. The lowest BCUT2D eigenvalue weighted by Gasteiger charge is -2.44. The highest BCUT2D eigenvalue weighted by Crippen LogP contribution is 2.38. The average molecular weight is 241 g/mol. The molecule has 1 aliphatic carbocycles. The lowest BCUT2D eigenvalue weighted by atomic mass is 9.65. The van der Waals surface area contributed by atoms with E-state index in [1.807, 2.05) is 6.92 Å². The van der Waals surface area contributed by atoms with Crippen molar-refractivity contribution in [1.29, 1.82) is 0 Å². The van der Waals surface area contributed by atoms with E-state index in [1.165, 1.54) is 0 Å². The molecule has 5 nitrogen and oxygen atoms in total. The molecule has 0 amide bonds. The van der Waals surface area contributed by atoms with Crippen LogP contribution in [0.1, 0.15) is 26.7 Å². The smallest absolute Gasteiger partial charge is 0.150 e. The number of ketones is 2. The second-order valence-electron chi connectivity index (χ2n) is 5.18. The molecule has 0 aromatic heterocycles. The summed E-state index contributed by atoms with van der Waals surface area (Å²) in [5, 5.41) is 11.0. The fraction of sp³-hybridized carbons (Fsp3) is 0.833. The highest BCUT2D eigenvalue weighted by atomic mass is 16.5. The molecule has 0 aromatic rings. The SMILES string of the molecule is CC1CCC(=O)C(C)(C2COCCN2O)C1=O. The number of carbonyl (C=O) groups excluding carboxylic acids is 2. The van der Waals surface area contributed by atoms with Gasteiger partial charge in [-0.2, -0.15) is 5.06 Å². The standard InChI is InChI=1S/C12H19NO4/c1-8-3-4-10(14)12(2,11(8)15)9-7-17-6-5-13(9)16/h8-9,16H,3-7H2,1-2H3. The fourth-order valence-corrected chi connectivity index (χ4v) is 2.80. The molecule has 5 heteroatoms. The van der Waals surface area contributed by atoms with Crippen LogP contribution in [0.2, 0.25) is 0 Å². The molecule has 96 valence electrons. The zero-order valence-corrected chi connectivity index (χ0v) is 10.3. The highest BCUT2D eigenvalue weighted by Gasteiger charge is 2.53. The van der Waals surface area contributed by atoms with E-state index in [0.29, 0.717) is 26.0 Å². The molecule has 2 fully saturated rings. The van der Waals surface area contributed by atoms with Crippen LogP contribution >= 0.6 is 0 Å². The summed E-state index contributed by atoms with van der Waals surface area (Å²) in [5.41, 5.74) is -1.12. The first-order valence-corrected chi connectivity index (χ1v) is 6.08. The van der Waals surface area contributed by atoms with E-state index in [4.69, 9.17) is 4.74 Å². The van der Waals surface area contributed by atoms with Crippen molar-refractivity contribution >= 4 is 11.6 Å². The second-order valence-corrected chi connectivity index (χ2v) is 5.18. The number of rotatable bonds is 1. The summed E-state index contributed by atoms with van der Waals surface area (Å²) in [6.07, 6.45) is 1.03. The van der Waals surface area contributed by atoms with E-state index in [9.17, 15) is 14.8 Å². The van der Waals surface area contributed by atoms with E-state index in [0.717, 1.165) is 5.06 Å². The molecule has 3 unspecified atom stereocenters. The van der Waals surface area contributed by atoms with Crippen molar-refractivity contribution in [3.8, 4) is 0 Å². The van der Waals surface area contributed by atoms with Gasteiger partial charge in [0.25, 0.3) is 0 Å². The number of Topliss-reactive ketones (excluding diaryl/α,β-unsaturated/α-hetero) is 2. The van der Waals surface area contributed by atoms with Gasteiger partial charge in [-0.3, -0.25) is 9.59 Å². The summed E-state index contributed by atoms with van der Waals surface area (Å²) in [7, 11) is 0. The van der Waals surface area contributed by atoms with E-state index in [1.54, 1.807) is 6.92 Å². The van der Waals surface area contributed by atoms with Crippen molar-refractivity contribution in [3.05, 3.63) is 0 Å². The van der Waals surface area contributed by atoms with Crippen LogP contribution in [0.25, 0.3) is 0 Å². The Bertz CT molecular complexity index is 343. The highest BCUT2D eigenvalue weighted by molar-refractivity contribution is 6.10. The maximum atomic E-state index is 12.3. The van der Waals surface area contributed by atoms with Crippen LogP contribution in [-0.4, -0.2) is 47.6 Å². The summed E-state index contributed by atoms with van der Waals surface area (Å²) in [6.45, 7) is 4.50. The Morgan fingerprint density at radius 1 is 1.47 bits per heavy atom. The molecule has 17 heavy (non-hydrogen) atoms. The minimum atomic E-state index is -1.12. The van der Waals surface area contributed by atoms with Crippen LogP contribution < -0.4 is 0 Å². The summed E-state index contributed by atoms with van der Waals surface area (Å²) in [5.74, 6) is -0.258. The molecular weight excluding hydrogens is 222 g/mol. The van der Waals surface area contributed by atoms with Gasteiger partial charge in [0.2, 0.25) is 0 Å². The first-order chi connectivity index (χ1) is 7.98. The van der Waals surface area contributed by atoms with E-state index < -0.39 is 11.5 Å². The van der Waals surface area contributed by atoms with Crippen LogP contribution in [-0.2, 0) is 14.3 Å². The average Bonchev–Trinajstić information content (AvgIpc) is 2.32. The summed E-state index contributed by atoms with van der Waals surface area (Å²) in [4.78, 5) is 24.4. The molecule has 2 rings (SSSR count). The molecule has 3 atom stereocenters. The fourth-order valence-electron chi connectivity index (χ4n) is 2.80. The third-order valence-corrected chi connectivity index (χ3v) is 4.11. The minimum absolute atomic E-state index is 0.0664. The second kappa shape index (κ2) is 4.48. The Balaban J connectivity index is 2.30. The number of hydroxylamine groups is 2. The summed E-state index contributed by atoms with van der Waals surface area (Å²) in [6, 6.07) is -0.543. The van der Waals surface area contributed by atoms with Gasteiger partial charge in [0.1, 0.15) is 11.2 Å². The van der Waals surface area contributed by atoms with Crippen LogP contribution in [0.3, 0.4) is 0 Å². The quantitative estimate of drug-likeness (QED) is 0.683. The number of ether oxygens (including phenoxy) is 1. The van der Waals surface area contributed by atoms with Crippen molar-refractivity contribution in [1.82, 2.24) is 5.06 Å². The zero-order chi connectivity index (χ0) is 12.6. The van der Waals surface area contributed by atoms with E-state index >= 15 is 0 Å². The van der Waals surface area contributed by atoms with Gasteiger partial charge in [0.05, 0.1) is 19.3 Å². The van der Waals surface area contributed by atoms with E-state index in [-0.39, 0.29) is 24.1 Å². The van der Waals surface area contributed by atoms with Gasteiger partial charge in [0, 0.05) is 18.9 Å². The van der Waals surface area contributed by atoms with Crippen LogP contribution in [0.15, 0.2) is 0 Å². The molecule has 1 saturated carbocycles. The molecule has 1 heterocycles. The number of morpholine rings is 1. The van der Waals surface area contributed by atoms with Crippen molar-refractivity contribution in [2.24, 2.45) is 11.3 Å². The van der Waals surface area contributed by atoms with Gasteiger partial charge < -0.3 is 9.94 Å². The van der Waals surface area contributed by atoms with Gasteiger partial charge in [-0.05, 0) is 13.3 Å². The van der Waals surface area contributed by atoms with Crippen molar-refractivity contribution in [3.63, 3.8) is 0 Å². The number of carbonyl (C=O) groups is 2. The zero-order valence-electron chi connectivity index (χ0n) is 10.3. The Morgan fingerprint density at radius 2 is 2.18 bits per heavy atom. The lowest BCUT2D eigenvalue weighted by molar-refractivity contribution is -0.212. The predicted molar refractivity (Wildman–Crippen MR) is 59.6 cm³/mol. The van der Waals surface area contributed by atoms with Gasteiger partial charge in [-0.1, -0.05) is 6.92 Å². The van der Waals surface area contributed by atoms with Gasteiger partial charge >= 0.3 is 0 Å². The number of nitrogens with zero attached hydrogens (tertiary/aromatic N) is 1. The third-order valence-electron chi connectivity index (χ3n) is 4.11. The van der Waals surface area contributed by atoms with Crippen LogP contribution in [0.5, 0.6) is 0 Å². The maximum absolute atomic E-state index is 12.3. The first-order valence-electron chi connectivity index (χ1n) is 6.08. The molecular formula is C12H19NO4. The van der Waals surface area contributed by atoms with Crippen molar-refractivity contribution in [2.45, 2.75) is 32.7 Å². The summed E-state index contributed by atoms with van der Waals surface area (Å²) >= 11 is 0. The Morgan fingerprint density at radius 3 is 2.82 bits per heavy atom. The van der Waals surface area contributed by atoms with Crippen molar-refractivity contribution < 1.29 is 19.5 Å². The molecule has 0 spiro atoms. The Hall–Kier alpha value is -0.780. The topological polar surface area (TPSA) is 66.8 Å². The van der Waals surface area contributed by atoms with E-state index in [2.05, 4.69) is 0 Å². The van der Waals surface area contributed by atoms with Gasteiger partial charge in [-0.25, -0.2) is 0 Å². The largest absolute Gasteiger partial charge is 0.378 e. The molecule has 0 bridgehead atoms. The molecule has 1 aliphatic heterocycles. The van der Waals surface area contributed by atoms with Crippen LogP contribution in [0.4, 0.5) is 0 Å². The summed E-state index contributed by atoms with van der Waals surface area (Å²) < 4.78 is 5.30. The molecule has 0 radical (unpaired) electrons. The molecule has 0 aromatic carbocycles. The minimum Gasteiger partial charge on any atom is -0.378 e. The van der Waals surface area contributed by atoms with Crippen molar-refractivity contribution in [2.75, 3.05) is 19.8 Å². The Kier molecular flexibility index (Phi) is 3.34. The Labute approximate surface area is 101 Å². The normalized spacial score (nSPS) is 40.6. The molecule has 2 aliphatic rings.